The van der Waals surface area contributed by atoms with E-state index in [4.69, 9.17) is 4.74 Å². The van der Waals surface area contributed by atoms with Crippen molar-refractivity contribution in [2.45, 2.75) is 0 Å². The quantitative estimate of drug-likeness (QED) is 0.504. The molecule has 6 nitrogen and oxygen atoms in total. The molecular formula is C19H16N2O4. The van der Waals surface area contributed by atoms with Gasteiger partial charge in [0.05, 0.1) is 18.9 Å². The predicted octanol–water partition coefficient (Wildman–Crippen LogP) is 3.02. The minimum atomic E-state index is -0.523. The van der Waals surface area contributed by atoms with Gasteiger partial charge < -0.3 is 14.9 Å². The number of aromatic hydroxyl groups is 2. The fraction of sp³-hybridized carbons (Fsp3) is 0.0526. The number of ether oxygens (including phenoxy) is 1. The number of hydrogen-bond donors (Lipinski definition) is 3. The molecule has 3 rings (SSSR count). The third-order valence-electron chi connectivity index (χ3n) is 3.69. The summed E-state index contributed by atoms with van der Waals surface area (Å²) in [7, 11) is 1.44. The number of nitrogens with one attached hydrogen (secondary N) is 1. The molecule has 0 spiro atoms. The van der Waals surface area contributed by atoms with Crippen LogP contribution >= 0.6 is 0 Å². The Bertz CT molecular complexity index is 967. The molecule has 126 valence electrons. The predicted molar refractivity (Wildman–Crippen MR) is 95.3 cm³/mol. The lowest BCUT2D eigenvalue weighted by Crippen LogP contribution is -2.17. The third kappa shape index (κ3) is 3.53. The topological polar surface area (TPSA) is 91.2 Å². The van der Waals surface area contributed by atoms with Crippen molar-refractivity contribution in [2.75, 3.05) is 7.11 Å². The van der Waals surface area contributed by atoms with Crippen molar-refractivity contribution in [2.24, 2.45) is 5.10 Å². The average Bonchev–Trinajstić information content (AvgIpc) is 2.62. The Labute approximate surface area is 144 Å². The van der Waals surface area contributed by atoms with E-state index < -0.39 is 5.91 Å². The van der Waals surface area contributed by atoms with Crippen LogP contribution in [0, 0.1) is 0 Å². The summed E-state index contributed by atoms with van der Waals surface area (Å²) in [5.74, 6) is -0.310. The van der Waals surface area contributed by atoms with Gasteiger partial charge in [0, 0.05) is 0 Å². The lowest BCUT2D eigenvalue weighted by Gasteiger charge is -2.06. The highest BCUT2D eigenvalue weighted by molar-refractivity contribution is 6.01. The number of phenolic OH excluding ortho intramolecular Hbond substituents is 2. The van der Waals surface area contributed by atoms with Crippen LogP contribution in [-0.4, -0.2) is 29.4 Å². The lowest BCUT2D eigenvalue weighted by molar-refractivity contribution is 0.0952. The molecule has 3 aromatic carbocycles. The van der Waals surface area contributed by atoms with Gasteiger partial charge in [-0.3, -0.25) is 4.79 Å². The molecule has 0 atom stereocenters. The molecule has 0 fully saturated rings. The summed E-state index contributed by atoms with van der Waals surface area (Å²) in [5.41, 5.74) is 3.15. The zero-order chi connectivity index (χ0) is 17.8. The number of carbonyl (C=O) groups is 1. The van der Waals surface area contributed by atoms with Crippen LogP contribution in [0.1, 0.15) is 15.9 Å². The number of nitrogens with zero attached hydrogens (tertiary/aromatic N) is 1. The summed E-state index contributed by atoms with van der Waals surface area (Å²) in [6.07, 6.45) is 1.41. The van der Waals surface area contributed by atoms with Crippen LogP contribution in [-0.2, 0) is 0 Å². The summed E-state index contributed by atoms with van der Waals surface area (Å²) in [5, 5.41) is 25.1. The second-order valence-corrected chi connectivity index (χ2v) is 5.35. The van der Waals surface area contributed by atoms with Gasteiger partial charge in [0.25, 0.3) is 5.91 Å². The standard InChI is InChI=1S/C19H16N2O4/c1-25-18-8-12(6-7-16(18)22)11-20-21-19(24)15-9-13-4-2-3-5-14(13)10-17(15)23/h2-11,22-23H,1H3,(H,21,24). The van der Waals surface area contributed by atoms with Gasteiger partial charge in [-0.2, -0.15) is 5.10 Å². The molecule has 6 heteroatoms. The SMILES string of the molecule is COc1cc(C=NNC(=O)c2cc3ccccc3cc2O)ccc1O. The molecule has 0 radical (unpaired) electrons. The van der Waals surface area contributed by atoms with Crippen LogP contribution in [0.4, 0.5) is 0 Å². The van der Waals surface area contributed by atoms with E-state index in [1.165, 1.54) is 19.4 Å². The highest BCUT2D eigenvalue weighted by Crippen LogP contribution is 2.26. The lowest BCUT2D eigenvalue weighted by atomic mass is 10.1. The highest BCUT2D eigenvalue weighted by atomic mass is 16.5. The van der Waals surface area contributed by atoms with Gasteiger partial charge in [0.2, 0.25) is 0 Å². The van der Waals surface area contributed by atoms with Gasteiger partial charge in [0.15, 0.2) is 11.5 Å². The minimum Gasteiger partial charge on any atom is -0.507 e. The first kappa shape index (κ1) is 16.3. The van der Waals surface area contributed by atoms with Gasteiger partial charge in [-0.1, -0.05) is 24.3 Å². The second kappa shape index (κ2) is 6.92. The van der Waals surface area contributed by atoms with E-state index >= 15 is 0 Å². The number of fused-ring (bicyclic) bond motifs is 1. The molecule has 25 heavy (non-hydrogen) atoms. The Morgan fingerprint density at radius 2 is 1.76 bits per heavy atom. The van der Waals surface area contributed by atoms with E-state index in [0.29, 0.717) is 11.3 Å². The normalized spacial score (nSPS) is 10.9. The van der Waals surface area contributed by atoms with Crippen molar-refractivity contribution in [3.05, 3.63) is 65.7 Å². The minimum absolute atomic E-state index is 0.0183. The van der Waals surface area contributed by atoms with Crippen LogP contribution < -0.4 is 10.2 Å². The maximum absolute atomic E-state index is 12.2. The molecule has 3 aromatic rings. The van der Waals surface area contributed by atoms with Gasteiger partial charge in [-0.05, 0) is 46.7 Å². The molecule has 0 bridgehead atoms. The summed E-state index contributed by atoms with van der Waals surface area (Å²) in [4.78, 5) is 12.2. The number of amides is 1. The third-order valence-corrected chi connectivity index (χ3v) is 3.69. The number of carbonyl (C=O) groups excluding carboxylic acids is 1. The molecule has 0 heterocycles. The van der Waals surface area contributed by atoms with Crippen LogP contribution in [0.3, 0.4) is 0 Å². The zero-order valence-electron chi connectivity index (χ0n) is 13.4. The number of rotatable bonds is 4. The first-order valence-corrected chi connectivity index (χ1v) is 7.50. The van der Waals surface area contributed by atoms with E-state index in [1.54, 1.807) is 24.3 Å². The number of methoxy groups -OCH3 is 1. The first-order chi connectivity index (χ1) is 12.1. The van der Waals surface area contributed by atoms with Crippen LogP contribution in [0.15, 0.2) is 59.7 Å². The Hall–Kier alpha value is -3.54. The summed E-state index contributed by atoms with van der Waals surface area (Å²) < 4.78 is 5.01. The van der Waals surface area contributed by atoms with E-state index in [2.05, 4.69) is 10.5 Å². The van der Waals surface area contributed by atoms with E-state index in [1.807, 2.05) is 24.3 Å². The maximum Gasteiger partial charge on any atom is 0.275 e. The fourth-order valence-corrected chi connectivity index (χ4v) is 2.41. The smallest absolute Gasteiger partial charge is 0.275 e. The molecule has 0 saturated heterocycles. The first-order valence-electron chi connectivity index (χ1n) is 7.50. The van der Waals surface area contributed by atoms with Crippen molar-refractivity contribution < 1.29 is 19.7 Å². The van der Waals surface area contributed by atoms with E-state index in [9.17, 15) is 15.0 Å². The zero-order valence-corrected chi connectivity index (χ0v) is 13.4. The second-order valence-electron chi connectivity index (χ2n) is 5.35. The summed E-state index contributed by atoms with van der Waals surface area (Å²) in [6, 6.07) is 15.3. The molecule has 1 amide bonds. The van der Waals surface area contributed by atoms with E-state index in [-0.39, 0.29) is 17.1 Å². The Kier molecular flexibility index (Phi) is 4.52. The molecule has 0 unspecified atom stereocenters. The number of phenols is 2. The van der Waals surface area contributed by atoms with Crippen molar-refractivity contribution in [1.82, 2.24) is 5.43 Å². The molecule has 0 saturated carbocycles. The Balaban J connectivity index is 1.77. The monoisotopic (exact) mass is 336 g/mol. The van der Waals surface area contributed by atoms with Gasteiger partial charge in [-0.25, -0.2) is 5.43 Å². The van der Waals surface area contributed by atoms with Gasteiger partial charge in [-0.15, -0.1) is 0 Å². The van der Waals surface area contributed by atoms with Gasteiger partial charge in [0.1, 0.15) is 5.75 Å². The van der Waals surface area contributed by atoms with Crippen LogP contribution in [0.25, 0.3) is 10.8 Å². The Morgan fingerprint density at radius 1 is 1.04 bits per heavy atom. The van der Waals surface area contributed by atoms with Crippen LogP contribution in [0.2, 0.25) is 0 Å². The highest BCUT2D eigenvalue weighted by Gasteiger charge is 2.11. The van der Waals surface area contributed by atoms with Crippen molar-refractivity contribution in [1.29, 1.82) is 0 Å². The van der Waals surface area contributed by atoms with Crippen molar-refractivity contribution in [3.63, 3.8) is 0 Å². The number of hydrogen-bond acceptors (Lipinski definition) is 5. The molecular weight excluding hydrogens is 320 g/mol. The number of hydrazone groups is 1. The maximum atomic E-state index is 12.2. The molecule has 0 aliphatic rings. The van der Waals surface area contributed by atoms with Gasteiger partial charge >= 0.3 is 0 Å². The molecule has 3 N–H and O–H groups in total. The Morgan fingerprint density at radius 3 is 2.48 bits per heavy atom. The molecule has 0 aliphatic carbocycles. The summed E-state index contributed by atoms with van der Waals surface area (Å²) in [6.45, 7) is 0. The summed E-state index contributed by atoms with van der Waals surface area (Å²) >= 11 is 0. The average molecular weight is 336 g/mol. The van der Waals surface area contributed by atoms with E-state index in [0.717, 1.165) is 10.8 Å². The van der Waals surface area contributed by atoms with Crippen molar-refractivity contribution >= 4 is 22.9 Å². The van der Waals surface area contributed by atoms with Crippen LogP contribution in [0.5, 0.6) is 17.2 Å². The molecule has 0 aromatic heterocycles. The molecule has 0 aliphatic heterocycles. The van der Waals surface area contributed by atoms with Crippen molar-refractivity contribution in [3.8, 4) is 17.2 Å². The fourth-order valence-electron chi connectivity index (χ4n) is 2.41. The largest absolute Gasteiger partial charge is 0.507 e. The number of benzene rings is 3.